The number of ether oxygens (including phenoxy) is 4. The van der Waals surface area contributed by atoms with Gasteiger partial charge in [0.1, 0.15) is 12.4 Å². The Labute approximate surface area is 181 Å². The third-order valence-corrected chi connectivity index (χ3v) is 4.63. The Morgan fingerprint density at radius 1 is 0.903 bits per heavy atom. The molecule has 3 rings (SSSR count). The van der Waals surface area contributed by atoms with Crippen molar-refractivity contribution >= 4 is 5.91 Å². The molecule has 0 aliphatic rings. The third kappa shape index (κ3) is 6.12. The summed E-state index contributed by atoms with van der Waals surface area (Å²) in [5.41, 5.74) is 2.75. The van der Waals surface area contributed by atoms with Gasteiger partial charge in [0.15, 0.2) is 11.5 Å². The van der Waals surface area contributed by atoms with Gasteiger partial charge in [-0.1, -0.05) is 18.2 Å². The molecule has 0 atom stereocenters. The maximum absolute atomic E-state index is 12.4. The molecule has 0 fully saturated rings. The van der Waals surface area contributed by atoms with Gasteiger partial charge in [0.25, 0.3) is 0 Å². The fourth-order valence-electron chi connectivity index (χ4n) is 3.04. The van der Waals surface area contributed by atoms with Gasteiger partial charge in [-0.25, -0.2) is 0 Å². The molecular formula is C24H26N2O5. The number of amides is 1. The largest absolute Gasteiger partial charge is 0.493 e. The van der Waals surface area contributed by atoms with E-state index in [0.29, 0.717) is 30.4 Å². The third-order valence-electron chi connectivity index (χ3n) is 4.63. The second-order valence-electron chi connectivity index (χ2n) is 6.78. The van der Waals surface area contributed by atoms with E-state index in [0.717, 1.165) is 22.4 Å². The first-order chi connectivity index (χ1) is 15.1. The van der Waals surface area contributed by atoms with Crippen molar-refractivity contribution in [3.8, 4) is 23.0 Å². The highest BCUT2D eigenvalue weighted by atomic mass is 16.5. The van der Waals surface area contributed by atoms with E-state index in [-0.39, 0.29) is 12.3 Å². The van der Waals surface area contributed by atoms with Crippen LogP contribution in [-0.4, -0.2) is 32.2 Å². The first-order valence-corrected chi connectivity index (χ1v) is 9.79. The zero-order chi connectivity index (χ0) is 22.1. The highest BCUT2D eigenvalue weighted by Crippen LogP contribution is 2.38. The normalized spacial score (nSPS) is 10.3. The molecule has 1 amide bonds. The van der Waals surface area contributed by atoms with Crippen LogP contribution in [0.2, 0.25) is 0 Å². The van der Waals surface area contributed by atoms with E-state index in [1.54, 1.807) is 45.9 Å². The lowest BCUT2D eigenvalue weighted by molar-refractivity contribution is -0.120. The van der Waals surface area contributed by atoms with Crippen molar-refractivity contribution in [2.75, 3.05) is 21.3 Å². The zero-order valence-electron chi connectivity index (χ0n) is 17.9. The molecule has 3 aromatic rings. The fourth-order valence-corrected chi connectivity index (χ4v) is 3.04. The van der Waals surface area contributed by atoms with Crippen LogP contribution in [0.4, 0.5) is 0 Å². The summed E-state index contributed by atoms with van der Waals surface area (Å²) in [5.74, 6) is 2.19. The molecular weight excluding hydrogens is 396 g/mol. The maximum atomic E-state index is 12.4. The molecule has 7 nitrogen and oxygen atoms in total. The van der Waals surface area contributed by atoms with Gasteiger partial charge in [-0.05, 0) is 41.5 Å². The van der Waals surface area contributed by atoms with Crippen LogP contribution in [0, 0.1) is 0 Å². The molecule has 0 saturated carbocycles. The minimum absolute atomic E-state index is 0.105. The van der Waals surface area contributed by atoms with Gasteiger partial charge in [-0.2, -0.15) is 0 Å². The summed E-state index contributed by atoms with van der Waals surface area (Å²) in [6.07, 6.45) is 3.70. The van der Waals surface area contributed by atoms with Gasteiger partial charge in [-0.15, -0.1) is 0 Å². The maximum Gasteiger partial charge on any atom is 0.224 e. The monoisotopic (exact) mass is 422 g/mol. The van der Waals surface area contributed by atoms with Crippen LogP contribution in [0.15, 0.2) is 60.9 Å². The summed E-state index contributed by atoms with van der Waals surface area (Å²) in [6.45, 7) is 0.880. The lowest BCUT2D eigenvalue weighted by atomic mass is 10.1. The lowest BCUT2D eigenvalue weighted by Crippen LogP contribution is -2.24. The van der Waals surface area contributed by atoms with Crippen molar-refractivity contribution < 1.29 is 23.7 Å². The summed E-state index contributed by atoms with van der Waals surface area (Å²) in [7, 11) is 4.64. The predicted molar refractivity (Wildman–Crippen MR) is 117 cm³/mol. The van der Waals surface area contributed by atoms with Crippen LogP contribution in [0.5, 0.6) is 23.0 Å². The Kier molecular flexibility index (Phi) is 7.70. The van der Waals surface area contributed by atoms with Crippen molar-refractivity contribution in [1.29, 1.82) is 0 Å². The fraction of sp³-hybridized carbons (Fsp3) is 0.250. The highest BCUT2D eigenvalue weighted by molar-refractivity contribution is 5.79. The van der Waals surface area contributed by atoms with Crippen LogP contribution in [-0.2, 0) is 24.4 Å². The minimum atomic E-state index is -0.105. The summed E-state index contributed by atoms with van der Waals surface area (Å²) >= 11 is 0. The van der Waals surface area contributed by atoms with E-state index in [1.807, 2.05) is 36.4 Å². The topological polar surface area (TPSA) is 78.9 Å². The molecule has 1 N–H and O–H groups in total. The van der Waals surface area contributed by atoms with Crippen LogP contribution >= 0.6 is 0 Å². The molecule has 0 aliphatic heterocycles. The Morgan fingerprint density at radius 3 is 2.19 bits per heavy atom. The van der Waals surface area contributed by atoms with E-state index in [1.165, 1.54) is 0 Å². The number of hydrogen-bond donors (Lipinski definition) is 1. The van der Waals surface area contributed by atoms with Gasteiger partial charge in [0.2, 0.25) is 11.7 Å². The van der Waals surface area contributed by atoms with Crippen LogP contribution in [0.1, 0.15) is 16.7 Å². The summed E-state index contributed by atoms with van der Waals surface area (Å²) in [4.78, 5) is 16.5. The summed E-state index contributed by atoms with van der Waals surface area (Å²) in [6, 6.07) is 15.0. The molecule has 7 heteroatoms. The second-order valence-corrected chi connectivity index (χ2v) is 6.78. The number of methoxy groups -OCH3 is 3. The van der Waals surface area contributed by atoms with Crippen molar-refractivity contribution in [3.05, 3.63) is 77.6 Å². The molecule has 162 valence electrons. The molecule has 1 aromatic heterocycles. The zero-order valence-corrected chi connectivity index (χ0v) is 17.9. The van der Waals surface area contributed by atoms with Gasteiger partial charge < -0.3 is 24.3 Å². The molecule has 31 heavy (non-hydrogen) atoms. The Hall–Kier alpha value is -3.74. The number of nitrogens with one attached hydrogen (secondary N) is 1. The molecule has 0 saturated heterocycles. The van der Waals surface area contributed by atoms with E-state index in [9.17, 15) is 4.79 Å². The first kappa shape index (κ1) is 22.0. The van der Waals surface area contributed by atoms with Gasteiger partial charge in [-0.3, -0.25) is 9.78 Å². The smallest absolute Gasteiger partial charge is 0.224 e. The van der Waals surface area contributed by atoms with E-state index < -0.39 is 0 Å². The van der Waals surface area contributed by atoms with Gasteiger partial charge in [0, 0.05) is 24.5 Å². The number of aromatic nitrogens is 1. The first-order valence-electron chi connectivity index (χ1n) is 9.79. The average Bonchev–Trinajstić information content (AvgIpc) is 2.82. The van der Waals surface area contributed by atoms with Gasteiger partial charge >= 0.3 is 0 Å². The number of carbonyl (C=O) groups excluding carboxylic acids is 1. The SMILES string of the molecule is COc1cc(CC(=O)NCc2ccc(OCc3cccnc3)cc2)cc(OC)c1OC. The standard InChI is InChI=1S/C24H26N2O5/c1-28-21-11-19(12-22(29-2)24(21)30-3)13-23(27)26-15-17-6-8-20(9-7-17)31-16-18-5-4-10-25-14-18/h4-12,14H,13,15-16H2,1-3H3,(H,26,27). The molecule has 2 aromatic carbocycles. The van der Waals surface area contributed by atoms with Gasteiger partial charge in [0.05, 0.1) is 27.8 Å². The van der Waals surface area contributed by atoms with E-state index in [2.05, 4.69) is 10.3 Å². The average molecular weight is 422 g/mol. The van der Waals surface area contributed by atoms with Crippen molar-refractivity contribution in [3.63, 3.8) is 0 Å². The number of pyridine rings is 1. The minimum Gasteiger partial charge on any atom is -0.493 e. The van der Waals surface area contributed by atoms with Crippen LogP contribution in [0.3, 0.4) is 0 Å². The van der Waals surface area contributed by atoms with Crippen LogP contribution in [0.25, 0.3) is 0 Å². The molecule has 0 radical (unpaired) electrons. The number of hydrogen-bond acceptors (Lipinski definition) is 6. The molecule has 0 unspecified atom stereocenters. The Bertz CT molecular complexity index is 966. The molecule has 1 heterocycles. The highest BCUT2D eigenvalue weighted by Gasteiger charge is 2.14. The molecule has 0 spiro atoms. The van der Waals surface area contributed by atoms with E-state index >= 15 is 0 Å². The predicted octanol–water partition coefficient (Wildman–Crippen LogP) is 3.55. The van der Waals surface area contributed by atoms with Crippen molar-refractivity contribution in [2.45, 2.75) is 19.6 Å². The number of nitrogens with zero attached hydrogens (tertiary/aromatic N) is 1. The van der Waals surface area contributed by atoms with Crippen molar-refractivity contribution in [2.24, 2.45) is 0 Å². The second kappa shape index (κ2) is 10.9. The lowest BCUT2D eigenvalue weighted by Gasteiger charge is -2.14. The van der Waals surface area contributed by atoms with E-state index in [4.69, 9.17) is 18.9 Å². The number of rotatable bonds is 10. The molecule has 0 bridgehead atoms. The summed E-state index contributed by atoms with van der Waals surface area (Å²) in [5, 5.41) is 2.93. The van der Waals surface area contributed by atoms with Crippen molar-refractivity contribution in [1.82, 2.24) is 10.3 Å². The quantitative estimate of drug-likeness (QED) is 0.538. The molecule has 0 aliphatic carbocycles. The number of benzene rings is 2. The number of carbonyl (C=O) groups is 1. The Balaban J connectivity index is 1.52. The van der Waals surface area contributed by atoms with Crippen LogP contribution < -0.4 is 24.3 Å². The Morgan fingerprint density at radius 2 is 1.61 bits per heavy atom. The summed E-state index contributed by atoms with van der Waals surface area (Å²) < 4.78 is 21.7.